The van der Waals surface area contributed by atoms with Crippen LogP contribution in [0.3, 0.4) is 0 Å². The van der Waals surface area contributed by atoms with Crippen LogP contribution in [0.5, 0.6) is 0 Å². The van der Waals surface area contributed by atoms with Crippen LogP contribution in [-0.2, 0) is 33.2 Å². The molecule has 0 aromatic rings. The van der Waals surface area contributed by atoms with E-state index < -0.39 is 0 Å². The molecule has 0 aromatic heterocycles. The lowest BCUT2D eigenvalue weighted by atomic mass is 10.3. The van der Waals surface area contributed by atoms with Gasteiger partial charge in [-0.05, 0) is 54.9 Å². The molecular formula is C25H52O8. The molecular weight excluding hydrogens is 428 g/mol. The Balaban J connectivity index is 3.79. The van der Waals surface area contributed by atoms with Crippen molar-refractivity contribution in [3.8, 4) is 0 Å². The van der Waals surface area contributed by atoms with E-state index in [4.69, 9.17) is 38.3 Å². The Hall–Kier alpha value is -0.320. The number of hydrogen-bond acceptors (Lipinski definition) is 8. The minimum absolute atomic E-state index is 0.00549. The number of rotatable bonds is 23. The molecule has 0 spiro atoms. The molecule has 0 aliphatic carbocycles. The maximum atomic E-state index is 8.97. The predicted octanol–water partition coefficient (Wildman–Crippen LogP) is 3.61. The smallest absolute Gasteiger partial charge is 0.0781 e. The number of aliphatic hydroxyl groups excluding tert-OH is 1. The SMILES string of the molecule is CCCCOC(C)COC(C)COC(C)COC(C)COC(C)COC(C)COC(C)CO. The number of aliphatic hydroxyl groups is 1. The molecule has 0 heterocycles. The van der Waals surface area contributed by atoms with Gasteiger partial charge in [0.1, 0.15) is 0 Å². The summed E-state index contributed by atoms with van der Waals surface area (Å²) < 4.78 is 40.2. The first-order valence-corrected chi connectivity index (χ1v) is 12.6. The van der Waals surface area contributed by atoms with E-state index in [0.717, 1.165) is 19.4 Å². The van der Waals surface area contributed by atoms with Gasteiger partial charge in [-0.2, -0.15) is 0 Å². The van der Waals surface area contributed by atoms with E-state index in [1.165, 1.54) is 0 Å². The highest BCUT2D eigenvalue weighted by Crippen LogP contribution is 2.05. The van der Waals surface area contributed by atoms with Crippen molar-refractivity contribution in [2.45, 2.75) is 111 Å². The molecule has 0 aromatic carbocycles. The standard InChI is InChI=1S/C25H52O8/c1-9-10-11-27-20(3)13-29-22(5)15-31-24(7)17-33-25(8)18-32-23(6)16-30-21(4)14-28-19(2)12-26/h19-26H,9-18H2,1-8H3. The summed E-state index contributed by atoms with van der Waals surface area (Å²) >= 11 is 0. The van der Waals surface area contributed by atoms with E-state index in [1.54, 1.807) is 0 Å². The average Bonchev–Trinajstić information content (AvgIpc) is 2.80. The Labute approximate surface area is 202 Å². The van der Waals surface area contributed by atoms with E-state index in [9.17, 15) is 0 Å². The van der Waals surface area contributed by atoms with Crippen molar-refractivity contribution in [3.63, 3.8) is 0 Å². The average molecular weight is 481 g/mol. The lowest BCUT2D eigenvalue weighted by molar-refractivity contribution is -0.106. The molecule has 7 unspecified atom stereocenters. The second-order valence-corrected chi connectivity index (χ2v) is 9.08. The molecule has 0 bridgehead atoms. The fourth-order valence-electron chi connectivity index (χ4n) is 2.57. The number of hydrogen-bond donors (Lipinski definition) is 1. The second kappa shape index (κ2) is 21.0. The van der Waals surface area contributed by atoms with Gasteiger partial charge in [0.05, 0.1) is 89.0 Å². The van der Waals surface area contributed by atoms with Gasteiger partial charge in [-0.1, -0.05) is 13.3 Å². The van der Waals surface area contributed by atoms with Gasteiger partial charge in [-0.3, -0.25) is 0 Å². The summed E-state index contributed by atoms with van der Waals surface area (Å²) in [5.41, 5.74) is 0. The Morgan fingerprint density at radius 3 is 1.00 bits per heavy atom. The van der Waals surface area contributed by atoms with E-state index in [0.29, 0.717) is 39.6 Å². The van der Waals surface area contributed by atoms with Crippen molar-refractivity contribution >= 4 is 0 Å². The lowest BCUT2D eigenvalue weighted by Gasteiger charge is -2.22. The summed E-state index contributed by atoms with van der Waals surface area (Å²) in [6.07, 6.45) is 1.97. The van der Waals surface area contributed by atoms with Gasteiger partial charge in [-0.25, -0.2) is 0 Å². The third-order valence-corrected chi connectivity index (χ3v) is 4.85. The van der Waals surface area contributed by atoms with Gasteiger partial charge < -0.3 is 38.3 Å². The van der Waals surface area contributed by atoms with Crippen LogP contribution in [0.1, 0.15) is 68.2 Å². The van der Waals surface area contributed by atoms with Crippen molar-refractivity contribution in [2.24, 2.45) is 0 Å². The number of ether oxygens (including phenoxy) is 7. The van der Waals surface area contributed by atoms with Crippen LogP contribution in [0.2, 0.25) is 0 Å². The monoisotopic (exact) mass is 480 g/mol. The molecule has 0 aliphatic heterocycles. The third-order valence-electron chi connectivity index (χ3n) is 4.85. The van der Waals surface area contributed by atoms with Crippen molar-refractivity contribution in [1.29, 1.82) is 0 Å². The summed E-state index contributed by atoms with van der Waals surface area (Å²) in [5.74, 6) is 0. The highest BCUT2D eigenvalue weighted by Gasteiger charge is 2.14. The van der Waals surface area contributed by atoms with Crippen molar-refractivity contribution < 1.29 is 38.3 Å². The van der Waals surface area contributed by atoms with Gasteiger partial charge in [0.2, 0.25) is 0 Å². The van der Waals surface area contributed by atoms with Crippen LogP contribution in [0.25, 0.3) is 0 Å². The summed E-state index contributed by atoms with van der Waals surface area (Å²) in [5, 5.41) is 8.97. The molecule has 0 amide bonds. The van der Waals surface area contributed by atoms with Crippen LogP contribution in [-0.4, -0.2) is 101 Å². The zero-order chi connectivity index (χ0) is 25.1. The topological polar surface area (TPSA) is 84.8 Å². The van der Waals surface area contributed by atoms with Crippen molar-refractivity contribution in [3.05, 3.63) is 0 Å². The Morgan fingerprint density at radius 2 is 0.727 bits per heavy atom. The van der Waals surface area contributed by atoms with Gasteiger partial charge >= 0.3 is 0 Å². The molecule has 0 fully saturated rings. The fraction of sp³-hybridized carbons (Fsp3) is 1.00. The van der Waals surface area contributed by atoms with Crippen LogP contribution in [0, 0.1) is 0 Å². The van der Waals surface area contributed by atoms with Gasteiger partial charge in [0, 0.05) is 6.61 Å². The second-order valence-electron chi connectivity index (χ2n) is 9.08. The van der Waals surface area contributed by atoms with Crippen LogP contribution >= 0.6 is 0 Å². The first-order chi connectivity index (χ1) is 15.7. The molecule has 1 N–H and O–H groups in total. The predicted molar refractivity (Wildman–Crippen MR) is 130 cm³/mol. The highest BCUT2D eigenvalue weighted by atomic mass is 16.6. The number of unbranched alkanes of at least 4 members (excludes halogenated alkanes) is 1. The quantitative estimate of drug-likeness (QED) is 0.222. The molecule has 0 saturated heterocycles. The molecule has 8 heteroatoms. The van der Waals surface area contributed by atoms with E-state index in [1.807, 2.05) is 48.5 Å². The Bertz CT molecular complexity index is 425. The fourth-order valence-corrected chi connectivity index (χ4v) is 2.57. The molecule has 200 valence electrons. The lowest BCUT2D eigenvalue weighted by Crippen LogP contribution is -2.30. The minimum Gasteiger partial charge on any atom is -0.394 e. The van der Waals surface area contributed by atoms with Gasteiger partial charge in [0.15, 0.2) is 0 Å². The van der Waals surface area contributed by atoms with Crippen LogP contribution < -0.4 is 0 Å². The largest absolute Gasteiger partial charge is 0.394 e. The minimum atomic E-state index is -0.177. The Kier molecular flexibility index (Phi) is 20.8. The van der Waals surface area contributed by atoms with Gasteiger partial charge in [-0.15, -0.1) is 0 Å². The Morgan fingerprint density at radius 1 is 0.455 bits per heavy atom. The molecule has 8 nitrogen and oxygen atoms in total. The molecule has 0 radical (unpaired) electrons. The first kappa shape index (κ1) is 32.7. The maximum Gasteiger partial charge on any atom is 0.0781 e. The van der Waals surface area contributed by atoms with E-state index in [2.05, 4.69) is 6.92 Å². The van der Waals surface area contributed by atoms with E-state index in [-0.39, 0.29) is 49.3 Å². The summed E-state index contributed by atoms with van der Waals surface area (Å²) in [6.45, 7) is 19.7. The molecule has 0 aliphatic rings. The first-order valence-electron chi connectivity index (χ1n) is 12.6. The molecule has 0 saturated carbocycles. The van der Waals surface area contributed by atoms with Crippen molar-refractivity contribution in [1.82, 2.24) is 0 Å². The molecule has 7 atom stereocenters. The normalized spacial score (nSPS) is 18.5. The summed E-state index contributed by atoms with van der Waals surface area (Å²) in [4.78, 5) is 0. The molecule has 33 heavy (non-hydrogen) atoms. The van der Waals surface area contributed by atoms with Crippen LogP contribution in [0.4, 0.5) is 0 Å². The highest BCUT2D eigenvalue weighted by molar-refractivity contribution is 4.59. The molecule has 0 rings (SSSR count). The summed E-state index contributed by atoms with van der Waals surface area (Å²) in [6, 6.07) is 0. The van der Waals surface area contributed by atoms with Gasteiger partial charge in [0.25, 0.3) is 0 Å². The zero-order valence-electron chi connectivity index (χ0n) is 22.4. The third kappa shape index (κ3) is 20.7. The summed E-state index contributed by atoms with van der Waals surface area (Å²) in [7, 11) is 0. The zero-order valence-corrected chi connectivity index (χ0v) is 22.4. The van der Waals surface area contributed by atoms with Crippen LogP contribution in [0.15, 0.2) is 0 Å². The van der Waals surface area contributed by atoms with E-state index >= 15 is 0 Å². The van der Waals surface area contributed by atoms with Crippen molar-refractivity contribution in [2.75, 3.05) is 52.9 Å². The maximum absolute atomic E-state index is 8.97.